The highest BCUT2D eigenvalue weighted by molar-refractivity contribution is 7.00. The molecule has 2 aliphatic heterocycles. The van der Waals surface area contributed by atoms with Gasteiger partial charge in [0.2, 0.25) is 0 Å². The van der Waals surface area contributed by atoms with E-state index in [9.17, 15) is 0 Å². The molecule has 0 amide bonds. The van der Waals surface area contributed by atoms with Crippen molar-refractivity contribution in [1.82, 2.24) is 0 Å². The van der Waals surface area contributed by atoms with Gasteiger partial charge >= 0.3 is 0 Å². The van der Waals surface area contributed by atoms with Gasteiger partial charge < -0.3 is 9.80 Å². The number of benzene rings is 7. The largest absolute Gasteiger partial charge is 0.311 e. The van der Waals surface area contributed by atoms with Crippen molar-refractivity contribution in [2.24, 2.45) is 5.41 Å². The molecule has 334 valence electrons. The number of anilines is 6. The minimum absolute atomic E-state index is 0.00552. The summed E-state index contributed by atoms with van der Waals surface area (Å²) in [5.74, 6) is 0. The van der Waals surface area contributed by atoms with E-state index in [0.29, 0.717) is 0 Å². The lowest BCUT2D eigenvalue weighted by Crippen LogP contribution is -2.61. The van der Waals surface area contributed by atoms with E-state index in [2.05, 4.69) is 246 Å². The standard InChI is InChI=1S/C63H69BN2/c1-59(2,3)45-24-19-25-49(33-45)65-55-35-47(61(7,8)9)26-28-51(55)64-52-31-43-38-63(13,14)39-44(43)32-54(52)66(57-37-48(62(10,11)12)36-56(65)58(57)64)53-29-27-46(60(4,5)6)34-50(53)42-23-18-22-41(30-42)40-20-16-15-17-21-40/h15-37H,38-39H2,1-14H3. The summed E-state index contributed by atoms with van der Waals surface area (Å²) in [4.78, 5) is 5.33. The molecule has 66 heavy (non-hydrogen) atoms. The highest BCUT2D eigenvalue weighted by Gasteiger charge is 2.46. The molecule has 0 spiro atoms. The molecule has 0 atom stereocenters. The molecule has 0 radical (unpaired) electrons. The summed E-state index contributed by atoms with van der Waals surface area (Å²) in [5, 5.41) is 0. The van der Waals surface area contributed by atoms with Crippen LogP contribution in [0.2, 0.25) is 0 Å². The molecule has 7 aromatic rings. The Morgan fingerprint density at radius 1 is 0.394 bits per heavy atom. The minimum Gasteiger partial charge on any atom is -0.311 e. The Morgan fingerprint density at radius 2 is 0.924 bits per heavy atom. The van der Waals surface area contributed by atoms with Crippen LogP contribution in [0.15, 0.2) is 140 Å². The molecule has 2 heterocycles. The van der Waals surface area contributed by atoms with Gasteiger partial charge in [-0.1, -0.05) is 182 Å². The van der Waals surface area contributed by atoms with Crippen LogP contribution in [0.25, 0.3) is 22.3 Å². The maximum absolute atomic E-state index is 2.70. The Morgan fingerprint density at radius 3 is 1.59 bits per heavy atom. The summed E-state index contributed by atoms with van der Waals surface area (Å²) in [7, 11) is 0. The van der Waals surface area contributed by atoms with Crippen LogP contribution < -0.4 is 26.2 Å². The van der Waals surface area contributed by atoms with E-state index in [0.717, 1.165) is 12.8 Å². The van der Waals surface area contributed by atoms with Gasteiger partial charge in [0.15, 0.2) is 0 Å². The summed E-state index contributed by atoms with van der Waals surface area (Å²) in [6.07, 6.45) is 2.16. The third-order valence-corrected chi connectivity index (χ3v) is 14.8. The van der Waals surface area contributed by atoms with Crippen LogP contribution in [-0.4, -0.2) is 6.71 Å². The van der Waals surface area contributed by atoms with Crippen LogP contribution in [0, 0.1) is 5.41 Å². The van der Waals surface area contributed by atoms with Crippen LogP contribution in [0.3, 0.4) is 0 Å². The molecule has 0 bridgehead atoms. The number of nitrogens with zero attached hydrogens (tertiary/aromatic N) is 2. The Labute approximate surface area is 397 Å². The molecule has 2 nitrogen and oxygen atoms in total. The van der Waals surface area contributed by atoms with Crippen molar-refractivity contribution in [3.63, 3.8) is 0 Å². The van der Waals surface area contributed by atoms with Crippen molar-refractivity contribution < 1.29 is 0 Å². The highest BCUT2D eigenvalue weighted by Crippen LogP contribution is 2.51. The van der Waals surface area contributed by atoms with Crippen molar-refractivity contribution in [1.29, 1.82) is 0 Å². The fraction of sp³-hybridized carbons (Fsp3) is 0.333. The van der Waals surface area contributed by atoms with Crippen molar-refractivity contribution >= 4 is 57.2 Å². The molecular formula is C63H69BN2. The molecule has 0 saturated heterocycles. The predicted octanol–water partition coefficient (Wildman–Crippen LogP) is 15.4. The van der Waals surface area contributed by atoms with Gasteiger partial charge in [-0.2, -0.15) is 0 Å². The Kier molecular flexibility index (Phi) is 10.1. The summed E-state index contributed by atoms with van der Waals surface area (Å²) in [6, 6.07) is 54.6. The van der Waals surface area contributed by atoms with Gasteiger partial charge in [0.1, 0.15) is 0 Å². The van der Waals surface area contributed by atoms with Crippen molar-refractivity contribution in [2.75, 3.05) is 9.80 Å². The first-order valence-corrected chi connectivity index (χ1v) is 24.5. The van der Waals surface area contributed by atoms with Gasteiger partial charge in [-0.15, -0.1) is 0 Å². The monoisotopic (exact) mass is 865 g/mol. The van der Waals surface area contributed by atoms with E-state index in [4.69, 9.17) is 0 Å². The van der Waals surface area contributed by atoms with Crippen molar-refractivity contribution in [2.45, 2.75) is 131 Å². The van der Waals surface area contributed by atoms with E-state index < -0.39 is 0 Å². The van der Waals surface area contributed by atoms with Crippen LogP contribution in [0.1, 0.15) is 130 Å². The highest BCUT2D eigenvalue weighted by atomic mass is 15.2. The Bertz CT molecular complexity index is 3050. The molecule has 10 rings (SSSR count). The minimum atomic E-state index is -0.121. The first-order chi connectivity index (χ1) is 31.0. The van der Waals surface area contributed by atoms with E-state index in [-0.39, 0.29) is 33.8 Å². The van der Waals surface area contributed by atoms with Gasteiger partial charge in [0.25, 0.3) is 6.71 Å². The lowest BCUT2D eigenvalue weighted by Gasteiger charge is -2.46. The van der Waals surface area contributed by atoms with E-state index >= 15 is 0 Å². The molecule has 0 unspecified atom stereocenters. The lowest BCUT2D eigenvalue weighted by atomic mass is 9.33. The van der Waals surface area contributed by atoms with Crippen molar-refractivity contribution in [3.8, 4) is 22.3 Å². The normalized spacial score (nSPS) is 15.3. The second-order valence-electron chi connectivity index (χ2n) is 24.7. The summed E-state index contributed by atoms with van der Waals surface area (Å²) >= 11 is 0. The Hall–Kier alpha value is -5.80. The van der Waals surface area contributed by atoms with E-state index in [1.807, 2.05) is 0 Å². The third-order valence-electron chi connectivity index (χ3n) is 14.8. The number of hydrogen-bond donors (Lipinski definition) is 0. The molecule has 1 aliphatic carbocycles. The van der Waals surface area contributed by atoms with Crippen LogP contribution in [0.5, 0.6) is 0 Å². The van der Waals surface area contributed by atoms with Crippen LogP contribution in [0.4, 0.5) is 34.1 Å². The second-order valence-corrected chi connectivity index (χ2v) is 24.7. The van der Waals surface area contributed by atoms with Gasteiger partial charge in [-0.3, -0.25) is 0 Å². The Balaban J connectivity index is 1.33. The van der Waals surface area contributed by atoms with E-state index in [1.165, 1.54) is 106 Å². The predicted molar refractivity (Wildman–Crippen MR) is 287 cm³/mol. The zero-order chi connectivity index (χ0) is 46.9. The number of fused-ring (bicyclic) bond motifs is 5. The molecule has 7 aromatic carbocycles. The molecule has 3 heteroatoms. The van der Waals surface area contributed by atoms with Gasteiger partial charge in [0.05, 0.1) is 5.69 Å². The maximum Gasteiger partial charge on any atom is 0.252 e. The fourth-order valence-corrected chi connectivity index (χ4v) is 11.0. The number of rotatable bonds is 4. The summed E-state index contributed by atoms with van der Waals surface area (Å²) < 4.78 is 0. The molecular weight excluding hydrogens is 796 g/mol. The van der Waals surface area contributed by atoms with Crippen LogP contribution >= 0.6 is 0 Å². The van der Waals surface area contributed by atoms with Crippen LogP contribution in [-0.2, 0) is 34.5 Å². The average molecular weight is 865 g/mol. The van der Waals surface area contributed by atoms with Gasteiger partial charge in [-0.05, 0) is 161 Å². The molecule has 0 aromatic heterocycles. The first kappa shape index (κ1) is 44.1. The SMILES string of the molecule is CC1(C)Cc2cc3c(cc2C1)N(c1ccc(C(C)(C)C)cc1-c1cccc(-c2ccccc2)c1)c1cc(C(C)(C)C)cc2c1B3c1ccc(C(C)(C)C)cc1N2c1cccc(C(C)(C)C)c1. The maximum atomic E-state index is 2.70. The topological polar surface area (TPSA) is 6.48 Å². The van der Waals surface area contributed by atoms with E-state index in [1.54, 1.807) is 0 Å². The summed E-state index contributed by atoms with van der Waals surface area (Å²) in [6.45, 7) is 33.2. The van der Waals surface area contributed by atoms with Gasteiger partial charge in [-0.25, -0.2) is 0 Å². The van der Waals surface area contributed by atoms with Gasteiger partial charge in [0, 0.05) is 34.0 Å². The summed E-state index contributed by atoms with van der Waals surface area (Å²) in [5.41, 5.74) is 25.0. The average Bonchev–Trinajstić information content (AvgIpc) is 3.56. The zero-order valence-electron chi connectivity index (χ0n) is 42.2. The molecule has 0 N–H and O–H groups in total. The molecule has 0 saturated carbocycles. The quantitative estimate of drug-likeness (QED) is 0.163. The smallest absolute Gasteiger partial charge is 0.252 e. The molecule has 0 fully saturated rings. The second kappa shape index (κ2) is 15.1. The molecule has 3 aliphatic rings. The first-order valence-electron chi connectivity index (χ1n) is 24.5. The lowest BCUT2D eigenvalue weighted by molar-refractivity contribution is 0.392. The fourth-order valence-electron chi connectivity index (χ4n) is 11.0. The zero-order valence-corrected chi connectivity index (χ0v) is 42.2. The number of hydrogen-bond acceptors (Lipinski definition) is 2. The third kappa shape index (κ3) is 7.61. The van der Waals surface area contributed by atoms with Crippen molar-refractivity contribution in [3.05, 3.63) is 173 Å².